The summed E-state index contributed by atoms with van der Waals surface area (Å²) in [6, 6.07) is 7.92. The highest BCUT2D eigenvalue weighted by Gasteiger charge is 2.11. The minimum atomic E-state index is -0.209. The molecule has 0 aliphatic rings. The van der Waals surface area contributed by atoms with Gasteiger partial charge in [-0.1, -0.05) is 24.3 Å². The van der Waals surface area contributed by atoms with E-state index in [1.807, 2.05) is 44.4 Å². The van der Waals surface area contributed by atoms with Gasteiger partial charge in [0, 0.05) is 30.9 Å². The summed E-state index contributed by atoms with van der Waals surface area (Å²) < 4.78 is 0. The van der Waals surface area contributed by atoms with Gasteiger partial charge in [-0.05, 0) is 24.8 Å². The van der Waals surface area contributed by atoms with Gasteiger partial charge in [0.1, 0.15) is 0 Å². The number of benzene rings is 1. The number of fused-ring (bicyclic) bond motifs is 1. The Morgan fingerprint density at radius 1 is 1.32 bits per heavy atom. The van der Waals surface area contributed by atoms with E-state index in [1.54, 1.807) is 0 Å². The number of aromatic nitrogens is 1. The number of pyridine rings is 1. The van der Waals surface area contributed by atoms with Gasteiger partial charge >= 0.3 is 0 Å². The lowest BCUT2D eigenvalue weighted by molar-refractivity contribution is -0.122. The summed E-state index contributed by atoms with van der Waals surface area (Å²) in [5.74, 6) is 0.0238. The number of rotatable bonds is 5. The van der Waals surface area contributed by atoms with Crippen molar-refractivity contribution in [2.24, 2.45) is 0 Å². The molecule has 19 heavy (non-hydrogen) atoms. The predicted molar refractivity (Wildman–Crippen MR) is 76.7 cm³/mol. The number of hydrogen-bond acceptors (Lipinski definition) is 3. The Morgan fingerprint density at radius 3 is 2.89 bits per heavy atom. The van der Waals surface area contributed by atoms with Crippen LogP contribution in [0.5, 0.6) is 0 Å². The van der Waals surface area contributed by atoms with Gasteiger partial charge in [0.2, 0.25) is 5.91 Å². The van der Waals surface area contributed by atoms with Crippen molar-refractivity contribution in [3.63, 3.8) is 0 Å². The molecule has 100 valence electrons. The smallest absolute Gasteiger partial charge is 0.236 e. The second-order valence-corrected chi connectivity index (χ2v) is 4.52. The summed E-state index contributed by atoms with van der Waals surface area (Å²) in [6.07, 6.45) is 3.70. The second kappa shape index (κ2) is 6.29. The molecule has 0 aliphatic heterocycles. The zero-order chi connectivity index (χ0) is 13.7. The largest absolute Gasteiger partial charge is 0.355 e. The van der Waals surface area contributed by atoms with Crippen LogP contribution in [0.2, 0.25) is 0 Å². The molecular formula is C15H19N3O. The van der Waals surface area contributed by atoms with Gasteiger partial charge in [-0.25, -0.2) is 0 Å². The molecular weight excluding hydrogens is 238 g/mol. The molecule has 0 saturated heterocycles. The number of carbonyl (C=O) groups excluding carboxylic acids is 1. The molecule has 0 saturated carbocycles. The number of likely N-dealkylation sites (N-methyl/N-ethyl adjacent to an activating group) is 1. The fourth-order valence-corrected chi connectivity index (χ4v) is 2.00. The lowest BCUT2D eigenvalue weighted by Gasteiger charge is -2.14. The van der Waals surface area contributed by atoms with Crippen molar-refractivity contribution < 1.29 is 4.79 Å². The Balaban J connectivity index is 2.08. The van der Waals surface area contributed by atoms with Crippen LogP contribution >= 0.6 is 0 Å². The average molecular weight is 257 g/mol. The van der Waals surface area contributed by atoms with E-state index in [2.05, 4.69) is 21.7 Å². The topological polar surface area (TPSA) is 54.0 Å². The van der Waals surface area contributed by atoms with Gasteiger partial charge in [0.05, 0.1) is 6.04 Å². The van der Waals surface area contributed by atoms with Crippen LogP contribution in [-0.2, 0) is 11.3 Å². The summed E-state index contributed by atoms with van der Waals surface area (Å²) in [5, 5.41) is 8.32. The normalized spacial score (nSPS) is 12.3. The quantitative estimate of drug-likeness (QED) is 0.859. The standard InChI is InChI=1S/C15H19N3O/c1-3-17-15(19)11(2)18-10-13-9-16-8-12-6-4-5-7-14(12)13/h4-9,11,18H,3,10H2,1-2H3,(H,17,19). The summed E-state index contributed by atoms with van der Waals surface area (Å²) in [4.78, 5) is 15.9. The molecule has 2 rings (SSSR count). The molecule has 1 heterocycles. The highest BCUT2D eigenvalue weighted by molar-refractivity contribution is 5.85. The Bertz CT molecular complexity index is 563. The van der Waals surface area contributed by atoms with Gasteiger partial charge < -0.3 is 10.6 Å². The number of hydrogen-bond donors (Lipinski definition) is 2. The van der Waals surface area contributed by atoms with E-state index in [4.69, 9.17) is 0 Å². The van der Waals surface area contributed by atoms with Crippen molar-refractivity contribution in [1.82, 2.24) is 15.6 Å². The SMILES string of the molecule is CCNC(=O)C(C)NCc1cncc2ccccc12. The Hall–Kier alpha value is -1.94. The van der Waals surface area contributed by atoms with Crippen molar-refractivity contribution in [1.29, 1.82) is 0 Å². The van der Waals surface area contributed by atoms with E-state index in [1.165, 1.54) is 5.39 Å². The molecule has 0 aliphatic carbocycles. The van der Waals surface area contributed by atoms with E-state index in [0.29, 0.717) is 13.1 Å². The molecule has 4 nitrogen and oxygen atoms in total. The van der Waals surface area contributed by atoms with Crippen molar-refractivity contribution in [3.8, 4) is 0 Å². The summed E-state index contributed by atoms with van der Waals surface area (Å²) in [6.45, 7) is 5.07. The number of carbonyl (C=O) groups is 1. The third-order valence-electron chi connectivity index (χ3n) is 3.09. The molecule has 1 atom stereocenters. The molecule has 0 bridgehead atoms. The minimum absolute atomic E-state index is 0.0238. The van der Waals surface area contributed by atoms with Crippen molar-refractivity contribution in [2.45, 2.75) is 26.4 Å². The van der Waals surface area contributed by atoms with Gasteiger partial charge in [-0.3, -0.25) is 9.78 Å². The highest BCUT2D eigenvalue weighted by Crippen LogP contribution is 2.16. The van der Waals surface area contributed by atoms with Crippen molar-refractivity contribution in [3.05, 3.63) is 42.2 Å². The number of nitrogens with zero attached hydrogens (tertiary/aromatic N) is 1. The second-order valence-electron chi connectivity index (χ2n) is 4.52. The first-order valence-electron chi connectivity index (χ1n) is 6.55. The molecule has 2 N–H and O–H groups in total. The van der Waals surface area contributed by atoms with Gasteiger partial charge in [0.25, 0.3) is 0 Å². The third kappa shape index (κ3) is 3.29. The molecule has 4 heteroatoms. The Morgan fingerprint density at radius 2 is 2.11 bits per heavy atom. The van der Waals surface area contributed by atoms with E-state index in [0.717, 1.165) is 10.9 Å². The first-order valence-corrected chi connectivity index (χ1v) is 6.55. The van der Waals surface area contributed by atoms with Crippen LogP contribution in [0, 0.1) is 0 Å². The minimum Gasteiger partial charge on any atom is -0.355 e. The maximum atomic E-state index is 11.6. The Kier molecular flexibility index (Phi) is 4.47. The van der Waals surface area contributed by atoms with Crippen molar-refractivity contribution >= 4 is 16.7 Å². The first kappa shape index (κ1) is 13.5. The zero-order valence-corrected chi connectivity index (χ0v) is 11.3. The van der Waals surface area contributed by atoms with E-state index in [-0.39, 0.29) is 11.9 Å². The molecule has 0 fully saturated rings. The zero-order valence-electron chi connectivity index (χ0n) is 11.3. The van der Waals surface area contributed by atoms with Crippen LogP contribution in [0.15, 0.2) is 36.7 Å². The molecule has 0 spiro atoms. The molecule has 1 amide bonds. The summed E-state index contributed by atoms with van der Waals surface area (Å²) in [7, 11) is 0. The summed E-state index contributed by atoms with van der Waals surface area (Å²) >= 11 is 0. The first-order chi connectivity index (χ1) is 9.22. The maximum absolute atomic E-state index is 11.6. The van der Waals surface area contributed by atoms with Crippen LogP contribution in [0.25, 0.3) is 10.8 Å². The van der Waals surface area contributed by atoms with Crippen LogP contribution in [0.3, 0.4) is 0 Å². The fourth-order valence-electron chi connectivity index (χ4n) is 2.00. The van der Waals surface area contributed by atoms with E-state index >= 15 is 0 Å². The molecule has 0 radical (unpaired) electrons. The molecule has 2 aromatic rings. The summed E-state index contributed by atoms with van der Waals surface area (Å²) in [5.41, 5.74) is 1.11. The molecule has 1 unspecified atom stereocenters. The number of amides is 1. The van der Waals surface area contributed by atoms with E-state index < -0.39 is 0 Å². The monoisotopic (exact) mass is 257 g/mol. The average Bonchev–Trinajstić information content (AvgIpc) is 2.45. The van der Waals surface area contributed by atoms with Crippen LogP contribution in [0.4, 0.5) is 0 Å². The van der Waals surface area contributed by atoms with Crippen LogP contribution < -0.4 is 10.6 Å². The third-order valence-corrected chi connectivity index (χ3v) is 3.09. The van der Waals surface area contributed by atoms with Crippen LogP contribution in [0.1, 0.15) is 19.4 Å². The number of nitrogens with one attached hydrogen (secondary N) is 2. The van der Waals surface area contributed by atoms with Crippen LogP contribution in [-0.4, -0.2) is 23.5 Å². The lowest BCUT2D eigenvalue weighted by Crippen LogP contribution is -2.41. The highest BCUT2D eigenvalue weighted by atomic mass is 16.2. The molecule has 1 aromatic heterocycles. The Labute approximate surface area is 113 Å². The predicted octanol–water partition coefficient (Wildman–Crippen LogP) is 1.85. The lowest BCUT2D eigenvalue weighted by atomic mass is 10.1. The van der Waals surface area contributed by atoms with E-state index in [9.17, 15) is 4.79 Å². The van der Waals surface area contributed by atoms with Gasteiger partial charge in [0.15, 0.2) is 0 Å². The fraction of sp³-hybridized carbons (Fsp3) is 0.333. The van der Waals surface area contributed by atoms with Gasteiger partial charge in [-0.2, -0.15) is 0 Å². The van der Waals surface area contributed by atoms with Gasteiger partial charge in [-0.15, -0.1) is 0 Å². The molecule has 1 aromatic carbocycles. The maximum Gasteiger partial charge on any atom is 0.236 e. The van der Waals surface area contributed by atoms with Crippen molar-refractivity contribution in [2.75, 3.05) is 6.54 Å².